The molecule has 0 N–H and O–H groups in total. The molecule has 0 aliphatic carbocycles. The second kappa shape index (κ2) is 11.4. The van der Waals surface area contributed by atoms with Crippen LogP contribution < -0.4 is 15.9 Å². The summed E-state index contributed by atoms with van der Waals surface area (Å²) in [5.74, 6) is 0.202. The summed E-state index contributed by atoms with van der Waals surface area (Å²) in [5, 5.41) is 3.67. The Labute approximate surface area is 244 Å². The standard InChI is InChI=1S/C34H29ClN3O2P/c1-3-27-31(35)30(34(39)40-4-2)33-36-28-22-14-15-23-29(28)38(33)32(27)37-41(24-16-8-5-9-17-24,25-18-10-6-11-19-25)26-20-12-7-13-21-26/h5-23H,3-4H2,1-2H3. The van der Waals surface area contributed by atoms with Gasteiger partial charge >= 0.3 is 5.97 Å². The van der Waals surface area contributed by atoms with E-state index in [0.717, 1.165) is 32.5 Å². The van der Waals surface area contributed by atoms with Crippen molar-refractivity contribution in [1.29, 1.82) is 0 Å². The average Bonchev–Trinajstić information content (AvgIpc) is 3.40. The lowest BCUT2D eigenvalue weighted by Crippen LogP contribution is -2.25. The zero-order valence-electron chi connectivity index (χ0n) is 22.9. The predicted molar refractivity (Wildman–Crippen MR) is 170 cm³/mol. The SMILES string of the molecule is CCOC(=O)c1c(Cl)c(CC)c(N=P(c2ccccc2)(c2ccccc2)c2ccccc2)n2c1nc1ccccc12. The van der Waals surface area contributed by atoms with Crippen molar-refractivity contribution in [3.8, 4) is 0 Å². The van der Waals surface area contributed by atoms with E-state index in [9.17, 15) is 4.79 Å². The smallest absolute Gasteiger partial charge is 0.343 e. The number of nitrogens with zero attached hydrogens (tertiary/aromatic N) is 3. The van der Waals surface area contributed by atoms with Crippen molar-refractivity contribution >= 4 is 63.0 Å². The van der Waals surface area contributed by atoms with Gasteiger partial charge in [-0.2, -0.15) is 0 Å². The number of halogens is 1. The van der Waals surface area contributed by atoms with E-state index in [-0.39, 0.29) is 12.2 Å². The molecule has 5 nitrogen and oxygen atoms in total. The van der Waals surface area contributed by atoms with Gasteiger partial charge in [0.05, 0.1) is 29.7 Å². The molecule has 0 unspecified atom stereocenters. The number of carbonyl (C=O) groups excluding carboxylic acids is 1. The number of imidazole rings is 1. The van der Waals surface area contributed by atoms with Gasteiger partial charge in [0.1, 0.15) is 11.4 Å². The van der Waals surface area contributed by atoms with Gasteiger partial charge < -0.3 is 4.74 Å². The molecule has 4 aromatic carbocycles. The number of para-hydroxylation sites is 2. The Bertz CT molecular complexity index is 1820. The van der Waals surface area contributed by atoms with E-state index in [2.05, 4.69) is 72.8 Å². The number of fused-ring (bicyclic) bond motifs is 3. The van der Waals surface area contributed by atoms with Crippen molar-refractivity contribution in [3.63, 3.8) is 0 Å². The van der Waals surface area contributed by atoms with Gasteiger partial charge in [-0.25, -0.2) is 14.5 Å². The van der Waals surface area contributed by atoms with Crippen LogP contribution in [-0.4, -0.2) is 22.0 Å². The first-order valence-corrected chi connectivity index (χ1v) is 15.8. The number of hydrogen-bond donors (Lipinski definition) is 0. The van der Waals surface area contributed by atoms with Gasteiger partial charge in [0.15, 0.2) is 5.65 Å². The number of hydrogen-bond acceptors (Lipinski definition) is 4. The number of esters is 1. The molecule has 0 aliphatic heterocycles. The van der Waals surface area contributed by atoms with Crippen LogP contribution in [0.5, 0.6) is 0 Å². The maximum absolute atomic E-state index is 13.3. The van der Waals surface area contributed by atoms with E-state index in [1.54, 1.807) is 6.92 Å². The minimum absolute atomic E-state index is 0.236. The summed E-state index contributed by atoms with van der Waals surface area (Å²) in [7, 11) is -2.64. The normalized spacial score (nSPS) is 11.6. The second-order valence-corrected chi connectivity index (χ2v) is 13.0. The monoisotopic (exact) mass is 577 g/mol. The topological polar surface area (TPSA) is 56.0 Å². The maximum Gasteiger partial charge on any atom is 0.343 e. The lowest BCUT2D eigenvalue weighted by molar-refractivity contribution is 0.0528. The van der Waals surface area contributed by atoms with Gasteiger partial charge in [-0.15, -0.1) is 0 Å². The Kier molecular flexibility index (Phi) is 7.49. The summed E-state index contributed by atoms with van der Waals surface area (Å²) < 4.78 is 13.3. The molecule has 6 rings (SSSR count). The van der Waals surface area contributed by atoms with Gasteiger partial charge in [0.25, 0.3) is 0 Å². The van der Waals surface area contributed by atoms with Crippen molar-refractivity contribution in [1.82, 2.24) is 9.38 Å². The molecule has 41 heavy (non-hydrogen) atoms. The van der Waals surface area contributed by atoms with E-state index in [4.69, 9.17) is 26.1 Å². The lowest BCUT2D eigenvalue weighted by atomic mass is 10.1. The Hall–Kier alpha value is -4.18. The van der Waals surface area contributed by atoms with Crippen LogP contribution in [0.4, 0.5) is 5.82 Å². The van der Waals surface area contributed by atoms with Crippen molar-refractivity contribution < 1.29 is 9.53 Å². The fourth-order valence-electron chi connectivity index (χ4n) is 5.39. The quantitative estimate of drug-likeness (QED) is 0.144. The average molecular weight is 578 g/mol. The molecule has 0 saturated carbocycles. The van der Waals surface area contributed by atoms with Crippen LogP contribution in [0.15, 0.2) is 120 Å². The van der Waals surface area contributed by atoms with Crippen molar-refractivity contribution in [3.05, 3.63) is 131 Å². The Balaban J connectivity index is 1.87. The zero-order valence-corrected chi connectivity index (χ0v) is 24.5. The molecule has 0 amide bonds. The first kappa shape index (κ1) is 27.0. The summed E-state index contributed by atoms with van der Waals surface area (Å²) in [6.07, 6.45) is 0.560. The van der Waals surface area contributed by atoms with Crippen LogP contribution >= 0.6 is 18.7 Å². The number of benzene rings is 4. The summed E-state index contributed by atoms with van der Waals surface area (Å²) in [6, 6.07) is 39.2. The van der Waals surface area contributed by atoms with E-state index in [1.807, 2.05) is 53.8 Å². The van der Waals surface area contributed by atoms with Crippen LogP contribution in [0, 0.1) is 0 Å². The molecular formula is C34H29ClN3O2P. The first-order valence-electron chi connectivity index (χ1n) is 13.7. The minimum Gasteiger partial charge on any atom is -0.462 e. The third kappa shape index (κ3) is 4.56. The minimum atomic E-state index is -2.64. The second-order valence-electron chi connectivity index (χ2n) is 9.57. The molecule has 0 spiro atoms. The molecular weight excluding hydrogens is 549 g/mol. The molecule has 7 heteroatoms. The Morgan fingerprint density at radius 3 is 1.83 bits per heavy atom. The van der Waals surface area contributed by atoms with E-state index < -0.39 is 13.0 Å². The van der Waals surface area contributed by atoms with Crippen molar-refractivity contribution in [2.24, 2.45) is 4.74 Å². The number of carbonyl (C=O) groups is 1. The van der Waals surface area contributed by atoms with Crippen molar-refractivity contribution in [2.75, 3.05) is 6.61 Å². The molecule has 0 saturated heterocycles. The number of aromatic nitrogens is 2. The highest BCUT2D eigenvalue weighted by atomic mass is 35.5. The summed E-state index contributed by atoms with van der Waals surface area (Å²) in [4.78, 5) is 18.2. The van der Waals surface area contributed by atoms with Gasteiger partial charge in [-0.05, 0) is 25.5 Å². The third-order valence-electron chi connectivity index (χ3n) is 7.22. The lowest BCUT2D eigenvalue weighted by Gasteiger charge is -2.28. The molecule has 204 valence electrons. The molecule has 0 aliphatic rings. The fourth-order valence-corrected chi connectivity index (χ4v) is 9.31. The number of ether oxygens (including phenoxy) is 1. The summed E-state index contributed by atoms with van der Waals surface area (Å²) in [6.45, 7) is 4.06. The number of pyridine rings is 1. The highest BCUT2D eigenvalue weighted by Gasteiger charge is 2.31. The molecule has 6 aromatic rings. The van der Waals surface area contributed by atoms with Crippen LogP contribution in [0.3, 0.4) is 0 Å². The van der Waals surface area contributed by atoms with E-state index >= 15 is 0 Å². The first-order chi connectivity index (χ1) is 20.1. The van der Waals surface area contributed by atoms with Gasteiger partial charge in [0.2, 0.25) is 0 Å². The summed E-state index contributed by atoms with van der Waals surface area (Å²) >= 11 is 7.12. The molecule has 0 bridgehead atoms. The molecule has 0 radical (unpaired) electrons. The fraction of sp³-hybridized carbons (Fsp3) is 0.118. The van der Waals surface area contributed by atoms with E-state index in [1.165, 1.54) is 0 Å². The van der Waals surface area contributed by atoms with Gasteiger partial charge in [-0.3, -0.25) is 4.40 Å². The van der Waals surface area contributed by atoms with Crippen LogP contribution in [-0.2, 0) is 11.2 Å². The van der Waals surface area contributed by atoms with E-state index in [0.29, 0.717) is 22.9 Å². The predicted octanol–water partition coefficient (Wildman–Crippen LogP) is 7.69. The Morgan fingerprint density at radius 1 is 0.805 bits per heavy atom. The molecule has 0 fully saturated rings. The zero-order chi connectivity index (χ0) is 28.4. The maximum atomic E-state index is 13.3. The summed E-state index contributed by atoms with van der Waals surface area (Å²) in [5.41, 5.74) is 3.09. The van der Waals surface area contributed by atoms with Crippen LogP contribution in [0.25, 0.3) is 16.7 Å². The largest absolute Gasteiger partial charge is 0.462 e. The van der Waals surface area contributed by atoms with Gasteiger partial charge in [0, 0.05) is 21.5 Å². The molecule has 0 atom stereocenters. The molecule has 2 aromatic heterocycles. The highest BCUT2D eigenvalue weighted by Crippen LogP contribution is 2.51. The van der Waals surface area contributed by atoms with Crippen LogP contribution in [0.1, 0.15) is 29.8 Å². The van der Waals surface area contributed by atoms with Gasteiger partial charge in [-0.1, -0.05) is 122 Å². The molecule has 2 heterocycles. The third-order valence-corrected chi connectivity index (χ3v) is 11.3. The number of rotatable bonds is 7. The van der Waals surface area contributed by atoms with Crippen LogP contribution in [0.2, 0.25) is 5.02 Å². The van der Waals surface area contributed by atoms with Crippen molar-refractivity contribution in [2.45, 2.75) is 20.3 Å². The Morgan fingerprint density at radius 2 is 1.32 bits per heavy atom. The highest BCUT2D eigenvalue weighted by molar-refractivity contribution is 7.87.